The third-order valence-corrected chi connectivity index (χ3v) is 2.22. The van der Waals surface area contributed by atoms with Gasteiger partial charge in [0.1, 0.15) is 5.75 Å². The van der Waals surface area contributed by atoms with Crippen LogP contribution in [0.3, 0.4) is 0 Å². The highest BCUT2D eigenvalue weighted by atomic mass is 16.5. The Labute approximate surface area is 107 Å². The van der Waals surface area contributed by atoms with Gasteiger partial charge in [-0.05, 0) is 37.6 Å². The fraction of sp³-hybridized carbons (Fsp3) is 0.286. The highest BCUT2D eigenvalue weighted by molar-refractivity contribution is 5.77. The lowest BCUT2D eigenvalue weighted by Crippen LogP contribution is -2.29. The SMILES string of the molecule is C/C=C/CCNC(=O)COc1ccc(C#N)cc1. The molecule has 94 valence electrons. The maximum Gasteiger partial charge on any atom is 0.257 e. The number of nitriles is 1. The van der Waals surface area contributed by atoms with E-state index in [-0.39, 0.29) is 12.5 Å². The quantitative estimate of drug-likeness (QED) is 0.615. The van der Waals surface area contributed by atoms with Crippen molar-refractivity contribution in [3.63, 3.8) is 0 Å². The Bertz CT molecular complexity index is 444. The predicted octanol–water partition coefficient (Wildman–Crippen LogP) is 2.02. The number of nitrogens with one attached hydrogen (secondary N) is 1. The molecule has 1 aromatic rings. The van der Waals surface area contributed by atoms with Crippen molar-refractivity contribution in [2.45, 2.75) is 13.3 Å². The van der Waals surface area contributed by atoms with Crippen molar-refractivity contribution in [2.24, 2.45) is 0 Å². The van der Waals surface area contributed by atoms with Gasteiger partial charge in [0.2, 0.25) is 0 Å². The smallest absolute Gasteiger partial charge is 0.257 e. The van der Waals surface area contributed by atoms with E-state index in [1.807, 2.05) is 25.1 Å². The monoisotopic (exact) mass is 244 g/mol. The Morgan fingerprint density at radius 2 is 2.17 bits per heavy atom. The van der Waals surface area contributed by atoms with Crippen LogP contribution in [0.4, 0.5) is 0 Å². The van der Waals surface area contributed by atoms with Crippen LogP contribution >= 0.6 is 0 Å². The molecule has 0 saturated heterocycles. The van der Waals surface area contributed by atoms with E-state index in [4.69, 9.17) is 10.00 Å². The lowest BCUT2D eigenvalue weighted by molar-refractivity contribution is -0.123. The molecule has 0 unspecified atom stereocenters. The highest BCUT2D eigenvalue weighted by Crippen LogP contribution is 2.10. The molecule has 0 bridgehead atoms. The molecule has 0 aliphatic heterocycles. The van der Waals surface area contributed by atoms with Gasteiger partial charge in [0.05, 0.1) is 11.6 Å². The fourth-order valence-corrected chi connectivity index (χ4v) is 1.29. The van der Waals surface area contributed by atoms with Crippen LogP contribution in [0.1, 0.15) is 18.9 Å². The zero-order valence-electron chi connectivity index (χ0n) is 10.3. The summed E-state index contributed by atoms with van der Waals surface area (Å²) in [5.41, 5.74) is 0.568. The van der Waals surface area contributed by atoms with Gasteiger partial charge in [-0.25, -0.2) is 0 Å². The first-order valence-corrected chi connectivity index (χ1v) is 5.77. The van der Waals surface area contributed by atoms with Crippen LogP contribution in [0, 0.1) is 11.3 Å². The van der Waals surface area contributed by atoms with Crippen molar-refractivity contribution in [3.05, 3.63) is 42.0 Å². The molecule has 4 nitrogen and oxygen atoms in total. The number of hydrogen-bond acceptors (Lipinski definition) is 3. The standard InChI is InChI=1S/C14H16N2O2/c1-2-3-4-9-16-14(17)11-18-13-7-5-12(10-15)6-8-13/h2-3,5-8H,4,9,11H2,1H3,(H,16,17)/b3-2+. The predicted molar refractivity (Wildman–Crippen MR) is 69.1 cm³/mol. The van der Waals surface area contributed by atoms with E-state index >= 15 is 0 Å². The van der Waals surface area contributed by atoms with Gasteiger partial charge in [0, 0.05) is 6.54 Å². The minimum Gasteiger partial charge on any atom is -0.484 e. The number of hydrogen-bond donors (Lipinski definition) is 1. The van der Waals surface area contributed by atoms with E-state index in [0.717, 1.165) is 6.42 Å². The molecule has 0 aliphatic rings. The van der Waals surface area contributed by atoms with Crippen molar-refractivity contribution in [1.82, 2.24) is 5.32 Å². The molecule has 1 aromatic carbocycles. The Kier molecular flexibility index (Phi) is 6.05. The second kappa shape index (κ2) is 7.91. The summed E-state index contributed by atoms with van der Waals surface area (Å²) in [7, 11) is 0. The highest BCUT2D eigenvalue weighted by Gasteiger charge is 2.01. The average Bonchev–Trinajstić information content (AvgIpc) is 2.42. The summed E-state index contributed by atoms with van der Waals surface area (Å²) < 4.78 is 5.28. The van der Waals surface area contributed by atoms with Crippen molar-refractivity contribution in [3.8, 4) is 11.8 Å². The van der Waals surface area contributed by atoms with Gasteiger partial charge in [0.25, 0.3) is 5.91 Å². The summed E-state index contributed by atoms with van der Waals surface area (Å²) in [6, 6.07) is 8.67. The summed E-state index contributed by atoms with van der Waals surface area (Å²) in [4.78, 5) is 11.4. The van der Waals surface area contributed by atoms with Crippen molar-refractivity contribution < 1.29 is 9.53 Å². The number of carbonyl (C=O) groups excluding carboxylic acids is 1. The Balaban J connectivity index is 2.27. The number of nitrogens with zero attached hydrogens (tertiary/aromatic N) is 1. The third-order valence-electron chi connectivity index (χ3n) is 2.22. The third kappa shape index (κ3) is 5.17. The zero-order valence-corrected chi connectivity index (χ0v) is 10.3. The van der Waals surface area contributed by atoms with E-state index in [1.54, 1.807) is 24.3 Å². The lowest BCUT2D eigenvalue weighted by Gasteiger charge is -2.06. The molecule has 0 aliphatic carbocycles. The minimum atomic E-state index is -0.149. The Hall–Kier alpha value is -2.28. The molecule has 1 amide bonds. The molecule has 0 radical (unpaired) electrons. The molecule has 0 aromatic heterocycles. The number of benzene rings is 1. The molecule has 18 heavy (non-hydrogen) atoms. The number of carbonyl (C=O) groups is 1. The topological polar surface area (TPSA) is 62.1 Å². The van der Waals surface area contributed by atoms with Crippen molar-refractivity contribution in [2.75, 3.05) is 13.2 Å². The van der Waals surface area contributed by atoms with Gasteiger partial charge >= 0.3 is 0 Å². The summed E-state index contributed by atoms with van der Waals surface area (Å²) in [6.07, 6.45) is 4.75. The molecule has 1 N–H and O–H groups in total. The fourth-order valence-electron chi connectivity index (χ4n) is 1.29. The molecule has 0 fully saturated rings. The molecule has 4 heteroatoms. The Morgan fingerprint density at radius 3 is 2.78 bits per heavy atom. The molecule has 0 atom stereocenters. The number of rotatable bonds is 6. The lowest BCUT2D eigenvalue weighted by atomic mass is 10.2. The van der Waals surface area contributed by atoms with E-state index < -0.39 is 0 Å². The summed E-state index contributed by atoms with van der Waals surface area (Å²) in [6.45, 7) is 2.54. The van der Waals surface area contributed by atoms with Crippen LogP contribution in [-0.4, -0.2) is 19.1 Å². The van der Waals surface area contributed by atoms with Crippen LogP contribution in [0.25, 0.3) is 0 Å². The molecular weight excluding hydrogens is 228 g/mol. The first-order chi connectivity index (χ1) is 8.76. The maximum absolute atomic E-state index is 11.4. The van der Waals surface area contributed by atoms with E-state index in [1.165, 1.54) is 0 Å². The first-order valence-electron chi connectivity index (χ1n) is 5.77. The van der Waals surface area contributed by atoms with Crippen LogP contribution in [0.5, 0.6) is 5.75 Å². The zero-order chi connectivity index (χ0) is 13.2. The maximum atomic E-state index is 11.4. The van der Waals surface area contributed by atoms with Crippen molar-refractivity contribution >= 4 is 5.91 Å². The second-order valence-corrected chi connectivity index (χ2v) is 3.63. The van der Waals surface area contributed by atoms with E-state index in [0.29, 0.717) is 17.9 Å². The Morgan fingerprint density at radius 1 is 1.44 bits per heavy atom. The van der Waals surface area contributed by atoms with Gasteiger partial charge in [-0.15, -0.1) is 0 Å². The molecule has 0 spiro atoms. The largest absolute Gasteiger partial charge is 0.484 e. The molecular formula is C14H16N2O2. The van der Waals surface area contributed by atoms with Crippen LogP contribution < -0.4 is 10.1 Å². The van der Waals surface area contributed by atoms with E-state index in [2.05, 4.69) is 5.32 Å². The second-order valence-electron chi connectivity index (χ2n) is 3.63. The number of amides is 1. The first kappa shape index (κ1) is 13.8. The number of ether oxygens (including phenoxy) is 1. The normalized spacial score (nSPS) is 10.0. The molecule has 0 saturated carbocycles. The van der Waals surface area contributed by atoms with Gasteiger partial charge in [-0.1, -0.05) is 12.2 Å². The van der Waals surface area contributed by atoms with Gasteiger partial charge in [0.15, 0.2) is 6.61 Å². The summed E-state index contributed by atoms with van der Waals surface area (Å²) in [5, 5.41) is 11.4. The van der Waals surface area contributed by atoms with Gasteiger partial charge < -0.3 is 10.1 Å². The summed E-state index contributed by atoms with van der Waals surface area (Å²) >= 11 is 0. The summed E-state index contributed by atoms with van der Waals surface area (Å²) in [5.74, 6) is 0.432. The van der Waals surface area contributed by atoms with E-state index in [9.17, 15) is 4.79 Å². The van der Waals surface area contributed by atoms with Crippen molar-refractivity contribution in [1.29, 1.82) is 5.26 Å². The number of allylic oxidation sites excluding steroid dienone is 1. The van der Waals surface area contributed by atoms with Crippen LogP contribution in [0.15, 0.2) is 36.4 Å². The molecule has 1 rings (SSSR count). The van der Waals surface area contributed by atoms with Crippen LogP contribution in [0.2, 0.25) is 0 Å². The minimum absolute atomic E-state index is 0.0122. The average molecular weight is 244 g/mol. The molecule has 0 heterocycles. The van der Waals surface area contributed by atoms with Gasteiger partial charge in [-0.3, -0.25) is 4.79 Å². The van der Waals surface area contributed by atoms with Gasteiger partial charge in [-0.2, -0.15) is 5.26 Å². The van der Waals surface area contributed by atoms with Crippen LogP contribution in [-0.2, 0) is 4.79 Å².